The second-order valence-electron chi connectivity index (χ2n) is 4.66. The van der Waals surface area contributed by atoms with Gasteiger partial charge in [0.25, 0.3) is 0 Å². The number of nitrogens with one attached hydrogen (secondary N) is 2. The smallest absolute Gasteiger partial charge is 0.231 e. The summed E-state index contributed by atoms with van der Waals surface area (Å²) in [7, 11) is 0. The van der Waals surface area contributed by atoms with E-state index in [2.05, 4.69) is 10.6 Å². The van der Waals surface area contributed by atoms with E-state index in [1.807, 2.05) is 6.92 Å². The maximum Gasteiger partial charge on any atom is 0.231 e. The van der Waals surface area contributed by atoms with E-state index in [0.29, 0.717) is 17.8 Å². The molecular weight excluding hydrogens is 256 g/mol. The lowest BCUT2D eigenvalue weighted by molar-refractivity contribution is -0.124. The molecule has 2 amide bonds. The molecule has 5 heteroatoms. The Morgan fingerprint density at radius 1 is 1.05 bits per heavy atom. The van der Waals surface area contributed by atoms with Crippen LogP contribution in [0.1, 0.15) is 39.5 Å². The molecule has 0 spiro atoms. The minimum Gasteiger partial charge on any atom is -0.326 e. The third kappa shape index (κ3) is 6.13. The molecule has 1 aromatic carbocycles. The summed E-state index contributed by atoms with van der Waals surface area (Å²) < 4.78 is 0. The second kappa shape index (κ2) is 8.09. The van der Waals surface area contributed by atoms with Crippen LogP contribution in [0.15, 0.2) is 24.3 Å². The molecular formula is C15H20N2O3. The summed E-state index contributed by atoms with van der Waals surface area (Å²) in [6.45, 7) is 3.39. The van der Waals surface area contributed by atoms with Gasteiger partial charge in [-0.1, -0.05) is 19.4 Å². The highest BCUT2D eigenvalue weighted by Gasteiger charge is 2.07. The summed E-state index contributed by atoms with van der Waals surface area (Å²) in [5.41, 5.74) is 1.19. The molecule has 1 aromatic rings. The minimum absolute atomic E-state index is 0.0425. The van der Waals surface area contributed by atoms with Crippen molar-refractivity contribution in [1.82, 2.24) is 0 Å². The molecule has 2 N–H and O–H groups in total. The molecule has 0 fully saturated rings. The zero-order chi connectivity index (χ0) is 15.0. The Bertz CT molecular complexity index is 498. The molecule has 0 heterocycles. The fraction of sp³-hybridized carbons (Fsp3) is 0.400. The Labute approximate surface area is 118 Å². The standard InChI is InChI=1S/C15H20N2O3/c1-3-4-8-14(19)16-12-6-5-7-13(10-12)17-15(20)9-11(2)18/h5-7,10H,3-4,8-9H2,1-2H3,(H,16,19)(H,17,20). The van der Waals surface area contributed by atoms with Crippen LogP contribution in [-0.4, -0.2) is 17.6 Å². The topological polar surface area (TPSA) is 75.3 Å². The van der Waals surface area contributed by atoms with Crippen LogP contribution < -0.4 is 10.6 Å². The first-order valence-corrected chi connectivity index (χ1v) is 6.70. The minimum atomic E-state index is -0.355. The fourth-order valence-corrected chi connectivity index (χ4v) is 1.67. The fourth-order valence-electron chi connectivity index (χ4n) is 1.67. The van der Waals surface area contributed by atoms with Crippen molar-refractivity contribution >= 4 is 29.0 Å². The van der Waals surface area contributed by atoms with Crippen molar-refractivity contribution in [3.63, 3.8) is 0 Å². The van der Waals surface area contributed by atoms with E-state index < -0.39 is 0 Å². The summed E-state index contributed by atoms with van der Waals surface area (Å²) in [5, 5.41) is 5.39. The van der Waals surface area contributed by atoms with E-state index in [4.69, 9.17) is 0 Å². The SMILES string of the molecule is CCCCC(=O)Nc1cccc(NC(=O)CC(C)=O)c1. The van der Waals surface area contributed by atoms with Crippen LogP contribution in [0.5, 0.6) is 0 Å². The number of carbonyl (C=O) groups is 3. The summed E-state index contributed by atoms with van der Waals surface area (Å²) in [6.07, 6.45) is 2.15. The van der Waals surface area contributed by atoms with Crippen LogP contribution in [0.4, 0.5) is 11.4 Å². The van der Waals surface area contributed by atoms with Gasteiger partial charge in [-0.25, -0.2) is 0 Å². The van der Waals surface area contributed by atoms with E-state index in [1.54, 1.807) is 24.3 Å². The van der Waals surface area contributed by atoms with Gasteiger partial charge < -0.3 is 10.6 Å². The second-order valence-corrected chi connectivity index (χ2v) is 4.66. The number of ketones is 1. The van der Waals surface area contributed by atoms with Gasteiger partial charge in [-0.3, -0.25) is 14.4 Å². The van der Waals surface area contributed by atoms with Crippen molar-refractivity contribution in [2.45, 2.75) is 39.5 Å². The monoisotopic (exact) mass is 276 g/mol. The van der Waals surface area contributed by atoms with Crippen LogP contribution in [0.25, 0.3) is 0 Å². The molecule has 0 aromatic heterocycles. The summed E-state index contributed by atoms with van der Waals surface area (Å²) in [4.78, 5) is 33.9. The van der Waals surface area contributed by atoms with E-state index in [1.165, 1.54) is 6.92 Å². The molecule has 0 unspecified atom stereocenters. The largest absolute Gasteiger partial charge is 0.326 e. The Morgan fingerprint density at radius 3 is 2.20 bits per heavy atom. The maximum atomic E-state index is 11.6. The zero-order valence-electron chi connectivity index (χ0n) is 11.9. The number of hydrogen-bond acceptors (Lipinski definition) is 3. The third-order valence-corrected chi connectivity index (χ3v) is 2.60. The molecule has 0 atom stereocenters. The number of carbonyl (C=O) groups excluding carboxylic acids is 3. The molecule has 0 saturated carbocycles. The number of amides is 2. The van der Waals surface area contributed by atoms with Crippen molar-refractivity contribution in [1.29, 1.82) is 0 Å². The molecule has 0 bridgehead atoms. The Morgan fingerprint density at radius 2 is 1.65 bits per heavy atom. The number of unbranched alkanes of at least 4 members (excludes halogenated alkanes) is 1. The van der Waals surface area contributed by atoms with E-state index in [-0.39, 0.29) is 24.0 Å². The zero-order valence-corrected chi connectivity index (χ0v) is 11.9. The highest BCUT2D eigenvalue weighted by atomic mass is 16.2. The molecule has 0 radical (unpaired) electrons. The highest BCUT2D eigenvalue weighted by Crippen LogP contribution is 2.15. The van der Waals surface area contributed by atoms with Crippen LogP contribution in [0.2, 0.25) is 0 Å². The molecule has 1 rings (SSSR count). The Kier molecular flexibility index (Phi) is 6.43. The number of benzene rings is 1. The predicted octanol–water partition coefficient (Wildman–Crippen LogP) is 2.73. The van der Waals surface area contributed by atoms with Gasteiger partial charge in [0, 0.05) is 17.8 Å². The van der Waals surface area contributed by atoms with Crippen molar-refractivity contribution in [3.05, 3.63) is 24.3 Å². The average molecular weight is 276 g/mol. The molecule has 0 saturated heterocycles. The number of Topliss-reactive ketones (excluding diaryl/α,β-unsaturated/α-hetero) is 1. The van der Waals surface area contributed by atoms with Crippen LogP contribution in [0, 0.1) is 0 Å². The first-order chi connectivity index (χ1) is 9.51. The summed E-state index contributed by atoms with van der Waals surface area (Å²) in [5.74, 6) is -0.586. The molecule has 108 valence electrons. The molecule has 5 nitrogen and oxygen atoms in total. The lowest BCUT2D eigenvalue weighted by Gasteiger charge is -2.08. The van der Waals surface area contributed by atoms with Gasteiger partial charge in [-0.15, -0.1) is 0 Å². The highest BCUT2D eigenvalue weighted by molar-refractivity contribution is 6.03. The first kappa shape index (κ1) is 15.9. The Balaban J connectivity index is 2.59. The van der Waals surface area contributed by atoms with Gasteiger partial charge in [0.05, 0.1) is 6.42 Å². The van der Waals surface area contributed by atoms with Crippen molar-refractivity contribution in [2.75, 3.05) is 10.6 Å². The van der Waals surface area contributed by atoms with Crippen LogP contribution >= 0.6 is 0 Å². The average Bonchev–Trinajstić information content (AvgIpc) is 2.35. The maximum absolute atomic E-state index is 11.6. The van der Waals surface area contributed by atoms with Gasteiger partial charge in [-0.05, 0) is 31.5 Å². The Hall–Kier alpha value is -2.17. The van der Waals surface area contributed by atoms with Gasteiger partial charge in [0.1, 0.15) is 5.78 Å². The van der Waals surface area contributed by atoms with Gasteiger partial charge >= 0.3 is 0 Å². The molecule has 20 heavy (non-hydrogen) atoms. The first-order valence-electron chi connectivity index (χ1n) is 6.70. The summed E-state index contributed by atoms with van der Waals surface area (Å²) in [6, 6.07) is 6.87. The van der Waals surface area contributed by atoms with Crippen molar-refractivity contribution in [3.8, 4) is 0 Å². The number of anilines is 2. The number of hydrogen-bond donors (Lipinski definition) is 2. The lowest BCUT2D eigenvalue weighted by Crippen LogP contribution is -2.15. The molecule has 0 aliphatic heterocycles. The number of rotatable bonds is 7. The van der Waals surface area contributed by atoms with Gasteiger partial charge in [-0.2, -0.15) is 0 Å². The quantitative estimate of drug-likeness (QED) is 0.752. The van der Waals surface area contributed by atoms with Crippen molar-refractivity contribution in [2.24, 2.45) is 0 Å². The van der Waals surface area contributed by atoms with Gasteiger partial charge in [0.2, 0.25) is 11.8 Å². The molecule has 0 aliphatic carbocycles. The molecule has 0 aliphatic rings. The normalized spacial score (nSPS) is 9.90. The van der Waals surface area contributed by atoms with E-state index in [0.717, 1.165) is 12.8 Å². The predicted molar refractivity (Wildman–Crippen MR) is 78.5 cm³/mol. The van der Waals surface area contributed by atoms with Crippen LogP contribution in [-0.2, 0) is 14.4 Å². The van der Waals surface area contributed by atoms with E-state index >= 15 is 0 Å². The third-order valence-electron chi connectivity index (χ3n) is 2.60. The van der Waals surface area contributed by atoms with E-state index in [9.17, 15) is 14.4 Å². The summed E-state index contributed by atoms with van der Waals surface area (Å²) >= 11 is 0. The van der Waals surface area contributed by atoms with Crippen molar-refractivity contribution < 1.29 is 14.4 Å². The van der Waals surface area contributed by atoms with Crippen LogP contribution in [0.3, 0.4) is 0 Å². The van der Waals surface area contributed by atoms with Gasteiger partial charge in [0.15, 0.2) is 0 Å². The lowest BCUT2D eigenvalue weighted by atomic mass is 10.2.